The van der Waals surface area contributed by atoms with Gasteiger partial charge in [0.25, 0.3) is 0 Å². The van der Waals surface area contributed by atoms with Crippen molar-refractivity contribution in [2.24, 2.45) is 0 Å². The number of hydrogen-bond acceptors (Lipinski definition) is 1. The van der Waals surface area contributed by atoms with E-state index in [2.05, 4.69) is 38.6 Å². The SMILES string of the molecule is C=C/C=c1/cc(CC)s/c1=C/CC. The van der Waals surface area contributed by atoms with E-state index in [1.807, 2.05) is 17.4 Å². The van der Waals surface area contributed by atoms with Gasteiger partial charge in [0.05, 0.1) is 0 Å². The Labute approximate surface area is 83.9 Å². The van der Waals surface area contributed by atoms with Gasteiger partial charge in [-0.1, -0.05) is 38.7 Å². The van der Waals surface area contributed by atoms with E-state index in [0.717, 1.165) is 12.8 Å². The van der Waals surface area contributed by atoms with E-state index in [9.17, 15) is 0 Å². The Kier molecular flexibility index (Phi) is 3.97. The summed E-state index contributed by atoms with van der Waals surface area (Å²) in [6, 6.07) is 2.26. The van der Waals surface area contributed by atoms with Gasteiger partial charge in [-0.05, 0) is 24.1 Å². The zero-order valence-corrected chi connectivity index (χ0v) is 9.16. The second-order valence-electron chi connectivity index (χ2n) is 2.90. The fourth-order valence-corrected chi connectivity index (χ4v) is 2.36. The third-order valence-electron chi connectivity index (χ3n) is 1.88. The topological polar surface area (TPSA) is 0 Å². The van der Waals surface area contributed by atoms with E-state index in [-0.39, 0.29) is 0 Å². The summed E-state index contributed by atoms with van der Waals surface area (Å²) in [5, 5.41) is 1.32. The van der Waals surface area contributed by atoms with Gasteiger partial charge in [0, 0.05) is 9.41 Å². The smallest absolute Gasteiger partial charge is 0.0305 e. The molecular weight excluding hydrogens is 176 g/mol. The molecule has 0 aromatic carbocycles. The standard InChI is InChI=1S/C12H16S/c1-4-7-10-9-11(6-3)13-12(10)8-5-2/h4,7-9H,1,5-6H2,2-3H3/b10-7-,12-8+. The quantitative estimate of drug-likeness (QED) is 0.690. The minimum absolute atomic E-state index is 1.10. The van der Waals surface area contributed by atoms with Crippen LogP contribution in [0.25, 0.3) is 12.2 Å². The van der Waals surface area contributed by atoms with E-state index in [4.69, 9.17) is 0 Å². The van der Waals surface area contributed by atoms with Gasteiger partial charge in [-0.2, -0.15) is 0 Å². The maximum absolute atomic E-state index is 3.73. The molecule has 0 aliphatic heterocycles. The summed E-state index contributed by atoms with van der Waals surface area (Å²) in [5.74, 6) is 0. The molecule has 0 fully saturated rings. The summed E-state index contributed by atoms with van der Waals surface area (Å²) in [7, 11) is 0. The Balaban J connectivity index is 3.32. The highest BCUT2D eigenvalue weighted by molar-refractivity contribution is 7.09. The molecule has 1 heterocycles. The molecule has 1 aromatic rings. The summed E-state index contributed by atoms with van der Waals surface area (Å²) >= 11 is 1.89. The molecule has 0 amide bonds. The van der Waals surface area contributed by atoms with Crippen LogP contribution in [0.15, 0.2) is 18.7 Å². The first kappa shape index (κ1) is 10.3. The molecule has 70 valence electrons. The van der Waals surface area contributed by atoms with Crippen molar-refractivity contribution in [1.82, 2.24) is 0 Å². The lowest BCUT2D eigenvalue weighted by Gasteiger charge is -1.80. The molecular formula is C12H16S. The summed E-state index contributed by atoms with van der Waals surface area (Å²) in [6.45, 7) is 8.09. The van der Waals surface area contributed by atoms with Crippen molar-refractivity contribution in [3.8, 4) is 0 Å². The average Bonchev–Trinajstić information content (AvgIpc) is 2.50. The van der Waals surface area contributed by atoms with Gasteiger partial charge in [0.2, 0.25) is 0 Å². The normalized spacial score (nSPS) is 13.7. The lowest BCUT2D eigenvalue weighted by Crippen LogP contribution is -2.16. The first-order chi connectivity index (χ1) is 6.31. The molecule has 0 bridgehead atoms. The highest BCUT2D eigenvalue weighted by Crippen LogP contribution is 2.00. The van der Waals surface area contributed by atoms with Crippen LogP contribution in [0.5, 0.6) is 0 Å². The molecule has 1 heteroatoms. The monoisotopic (exact) mass is 192 g/mol. The van der Waals surface area contributed by atoms with Crippen LogP contribution >= 0.6 is 11.3 Å². The van der Waals surface area contributed by atoms with Crippen molar-refractivity contribution in [3.05, 3.63) is 33.3 Å². The van der Waals surface area contributed by atoms with Gasteiger partial charge in [-0.3, -0.25) is 0 Å². The molecule has 0 saturated heterocycles. The first-order valence-corrected chi connectivity index (χ1v) is 5.55. The van der Waals surface area contributed by atoms with Crippen molar-refractivity contribution < 1.29 is 0 Å². The van der Waals surface area contributed by atoms with Crippen LogP contribution in [0, 0.1) is 0 Å². The molecule has 0 aliphatic rings. The third-order valence-corrected chi connectivity index (χ3v) is 3.17. The molecule has 0 N–H and O–H groups in total. The Morgan fingerprint density at radius 3 is 2.77 bits per heavy atom. The first-order valence-electron chi connectivity index (χ1n) is 4.73. The van der Waals surface area contributed by atoms with Crippen LogP contribution in [-0.4, -0.2) is 0 Å². The van der Waals surface area contributed by atoms with E-state index >= 15 is 0 Å². The van der Waals surface area contributed by atoms with Gasteiger partial charge < -0.3 is 0 Å². The van der Waals surface area contributed by atoms with Gasteiger partial charge in [0.1, 0.15) is 0 Å². The fourth-order valence-electron chi connectivity index (χ4n) is 1.25. The minimum atomic E-state index is 1.10. The van der Waals surface area contributed by atoms with Crippen LogP contribution in [0.1, 0.15) is 25.1 Å². The lowest BCUT2D eigenvalue weighted by atomic mass is 10.3. The summed E-state index contributed by atoms with van der Waals surface area (Å²) < 4.78 is 1.39. The van der Waals surface area contributed by atoms with E-state index in [1.165, 1.54) is 14.6 Å². The largest absolute Gasteiger partial charge is 0.141 e. The molecule has 1 aromatic heterocycles. The molecule has 0 unspecified atom stereocenters. The summed E-state index contributed by atoms with van der Waals surface area (Å²) in [4.78, 5) is 1.45. The second-order valence-corrected chi connectivity index (χ2v) is 4.07. The highest BCUT2D eigenvalue weighted by atomic mass is 32.1. The molecule has 0 atom stereocenters. The van der Waals surface area contributed by atoms with Crippen molar-refractivity contribution >= 4 is 23.5 Å². The number of allylic oxidation sites excluding steroid dienone is 1. The Bertz CT molecular complexity index is 382. The second kappa shape index (κ2) is 5.03. The molecule has 1 rings (SSSR count). The van der Waals surface area contributed by atoms with Gasteiger partial charge in [0.15, 0.2) is 0 Å². The third kappa shape index (κ3) is 2.56. The molecule has 0 spiro atoms. The van der Waals surface area contributed by atoms with Gasteiger partial charge >= 0.3 is 0 Å². The molecule has 0 aliphatic carbocycles. The predicted octanol–water partition coefficient (Wildman–Crippen LogP) is 2.47. The predicted molar refractivity (Wildman–Crippen MR) is 62.4 cm³/mol. The van der Waals surface area contributed by atoms with E-state index in [0.29, 0.717) is 0 Å². The molecule has 0 nitrogen and oxygen atoms in total. The summed E-state index contributed by atoms with van der Waals surface area (Å²) in [6.07, 6.45) is 8.44. The number of hydrogen-bond donors (Lipinski definition) is 0. The maximum Gasteiger partial charge on any atom is 0.0305 e. The van der Waals surface area contributed by atoms with Gasteiger partial charge in [-0.25, -0.2) is 0 Å². The molecule has 0 saturated carbocycles. The number of aryl methyl sites for hydroxylation is 1. The minimum Gasteiger partial charge on any atom is -0.141 e. The van der Waals surface area contributed by atoms with E-state index < -0.39 is 0 Å². The van der Waals surface area contributed by atoms with Crippen LogP contribution in [0.3, 0.4) is 0 Å². The Hall–Kier alpha value is -0.820. The number of rotatable bonds is 3. The maximum atomic E-state index is 3.73. The van der Waals surface area contributed by atoms with Crippen LogP contribution in [0.2, 0.25) is 0 Å². The molecule has 0 radical (unpaired) electrons. The zero-order valence-electron chi connectivity index (χ0n) is 8.34. The van der Waals surface area contributed by atoms with Crippen molar-refractivity contribution in [1.29, 1.82) is 0 Å². The van der Waals surface area contributed by atoms with Crippen molar-refractivity contribution in [3.63, 3.8) is 0 Å². The Morgan fingerprint density at radius 2 is 2.23 bits per heavy atom. The lowest BCUT2D eigenvalue weighted by molar-refractivity contribution is 1.18. The highest BCUT2D eigenvalue weighted by Gasteiger charge is 1.93. The van der Waals surface area contributed by atoms with Crippen molar-refractivity contribution in [2.75, 3.05) is 0 Å². The number of thiophene rings is 1. The van der Waals surface area contributed by atoms with Gasteiger partial charge in [-0.15, -0.1) is 11.3 Å². The summed E-state index contributed by atoms with van der Waals surface area (Å²) in [5.41, 5.74) is 0. The fraction of sp³-hybridized carbons (Fsp3) is 0.333. The Morgan fingerprint density at radius 1 is 1.46 bits per heavy atom. The van der Waals surface area contributed by atoms with Crippen molar-refractivity contribution in [2.45, 2.75) is 26.7 Å². The molecule has 13 heavy (non-hydrogen) atoms. The van der Waals surface area contributed by atoms with Crippen LogP contribution in [-0.2, 0) is 6.42 Å². The van der Waals surface area contributed by atoms with Crippen LogP contribution < -0.4 is 9.75 Å². The van der Waals surface area contributed by atoms with Crippen LogP contribution in [0.4, 0.5) is 0 Å². The van der Waals surface area contributed by atoms with E-state index in [1.54, 1.807) is 0 Å². The average molecular weight is 192 g/mol. The zero-order chi connectivity index (χ0) is 9.68.